The van der Waals surface area contributed by atoms with Gasteiger partial charge >= 0.3 is 0 Å². The molecule has 0 aliphatic heterocycles. The van der Waals surface area contributed by atoms with Crippen LogP contribution in [0.2, 0.25) is 25.2 Å². The minimum Gasteiger partial charge on any atom is -0.256 e. The van der Waals surface area contributed by atoms with Crippen LogP contribution in [0.4, 0.5) is 0 Å². The number of aromatic nitrogens is 1. The summed E-state index contributed by atoms with van der Waals surface area (Å²) in [6.45, 7) is 7.25. The average Bonchev–Trinajstić information content (AvgIpc) is 2.60. The van der Waals surface area contributed by atoms with Gasteiger partial charge in [0.2, 0.25) is 0 Å². The van der Waals surface area contributed by atoms with Crippen molar-refractivity contribution in [3.8, 4) is 0 Å². The molecule has 0 saturated heterocycles. The number of rotatable bonds is 1. The smallest absolute Gasteiger partial charge is 0.0780 e. The molecular weight excluding hydrogens is 246 g/mol. The number of benzene rings is 1. The molecule has 0 spiro atoms. The molecule has 3 rings (SSSR count). The molecule has 1 aromatic carbocycles. The van der Waals surface area contributed by atoms with Gasteiger partial charge in [-0.05, 0) is 17.2 Å². The van der Waals surface area contributed by atoms with Crippen LogP contribution in [0.25, 0.3) is 23.1 Å². The van der Waals surface area contributed by atoms with E-state index in [0.29, 0.717) is 5.54 Å². The molecule has 0 radical (unpaired) electrons. The van der Waals surface area contributed by atoms with Crippen LogP contribution in [0.3, 0.4) is 0 Å². The topological polar surface area (TPSA) is 12.9 Å². The van der Waals surface area contributed by atoms with Crippen molar-refractivity contribution in [3.63, 3.8) is 0 Å². The molecule has 0 amide bonds. The minimum absolute atomic E-state index is 0.596. The molecule has 96 valence electrons. The number of fused-ring (bicyclic) bond motifs is 3. The predicted octanol–water partition coefficient (Wildman–Crippen LogP) is 4.98. The van der Waals surface area contributed by atoms with Gasteiger partial charge in [0.05, 0.1) is 13.6 Å². The van der Waals surface area contributed by atoms with Gasteiger partial charge in [0, 0.05) is 17.1 Å². The lowest BCUT2D eigenvalue weighted by Gasteiger charge is -2.22. The van der Waals surface area contributed by atoms with Gasteiger partial charge in [0.25, 0.3) is 0 Å². The summed E-state index contributed by atoms with van der Waals surface area (Å²) in [5, 5.41) is 1.21. The Balaban J connectivity index is 2.18. The zero-order valence-electron chi connectivity index (χ0n) is 11.7. The highest BCUT2D eigenvalue weighted by Crippen LogP contribution is 2.32. The summed E-state index contributed by atoms with van der Waals surface area (Å²) >= 11 is 0. The van der Waals surface area contributed by atoms with Gasteiger partial charge < -0.3 is 0 Å². The van der Waals surface area contributed by atoms with Crippen LogP contribution >= 0.6 is 0 Å². The van der Waals surface area contributed by atoms with Crippen molar-refractivity contribution >= 4 is 31.1 Å². The summed E-state index contributed by atoms with van der Waals surface area (Å²) in [7, 11) is -1.19. The van der Waals surface area contributed by atoms with E-state index in [4.69, 9.17) is 0 Å². The normalized spacial score (nSPS) is 18.4. The Hall–Kier alpha value is -1.67. The number of pyridine rings is 1. The maximum absolute atomic E-state index is 4.55. The predicted molar refractivity (Wildman–Crippen MR) is 86.9 cm³/mol. The monoisotopic (exact) mass is 265 g/mol. The number of allylic oxidation sites excluding steroid dienone is 2. The summed E-state index contributed by atoms with van der Waals surface area (Å²) in [5.74, 6) is 0. The van der Waals surface area contributed by atoms with Crippen LogP contribution in [0.15, 0.2) is 42.6 Å². The van der Waals surface area contributed by atoms with Gasteiger partial charge in [0.1, 0.15) is 0 Å². The van der Waals surface area contributed by atoms with E-state index >= 15 is 0 Å². The molecule has 0 saturated carbocycles. The Morgan fingerprint density at radius 2 is 1.79 bits per heavy atom. The molecule has 2 heteroatoms. The van der Waals surface area contributed by atoms with Gasteiger partial charge in [-0.15, -0.1) is 0 Å². The number of hydrogen-bond acceptors (Lipinski definition) is 1. The van der Waals surface area contributed by atoms with Crippen LogP contribution in [0.1, 0.15) is 11.1 Å². The third-order valence-electron chi connectivity index (χ3n) is 3.80. The number of hydrogen-bond donors (Lipinski definition) is 0. The highest BCUT2D eigenvalue weighted by atomic mass is 28.3. The third kappa shape index (κ3) is 2.28. The van der Waals surface area contributed by atoms with Gasteiger partial charge in [0.15, 0.2) is 0 Å². The molecule has 1 nitrogen and oxygen atoms in total. The first-order valence-corrected chi connectivity index (χ1v) is 10.4. The Bertz CT molecular complexity index is 677. The summed E-state index contributed by atoms with van der Waals surface area (Å²) in [5.41, 5.74) is 4.24. The van der Waals surface area contributed by atoms with Gasteiger partial charge in [-0.25, -0.2) is 0 Å². The average molecular weight is 265 g/mol. The van der Waals surface area contributed by atoms with Gasteiger partial charge in [-0.3, -0.25) is 4.98 Å². The van der Waals surface area contributed by atoms with E-state index in [9.17, 15) is 0 Å². The van der Waals surface area contributed by atoms with Crippen LogP contribution in [-0.2, 0) is 0 Å². The fraction of sp³-hybridized carbons (Fsp3) is 0.235. The van der Waals surface area contributed by atoms with Crippen LogP contribution in [-0.4, -0.2) is 13.1 Å². The maximum Gasteiger partial charge on any atom is 0.0780 e. The van der Waals surface area contributed by atoms with Gasteiger partial charge in [-0.1, -0.05) is 62.1 Å². The first-order chi connectivity index (χ1) is 9.05. The Morgan fingerprint density at radius 3 is 2.58 bits per heavy atom. The Labute approximate surface area is 115 Å². The molecule has 1 unspecified atom stereocenters. The maximum atomic E-state index is 4.55. The fourth-order valence-electron chi connectivity index (χ4n) is 2.55. The van der Waals surface area contributed by atoms with Crippen molar-refractivity contribution in [2.45, 2.75) is 25.2 Å². The highest BCUT2D eigenvalue weighted by Gasteiger charge is 2.23. The number of nitrogens with zero attached hydrogens (tertiary/aromatic N) is 1. The Morgan fingerprint density at radius 1 is 1.00 bits per heavy atom. The second-order valence-corrected chi connectivity index (χ2v) is 11.7. The van der Waals surface area contributed by atoms with Crippen molar-refractivity contribution in [1.82, 2.24) is 4.98 Å². The van der Waals surface area contributed by atoms with Crippen LogP contribution < -0.4 is 0 Å². The van der Waals surface area contributed by atoms with E-state index < -0.39 is 8.07 Å². The third-order valence-corrected chi connectivity index (χ3v) is 6.19. The van der Waals surface area contributed by atoms with E-state index in [1.54, 1.807) is 0 Å². The molecule has 19 heavy (non-hydrogen) atoms. The first-order valence-electron chi connectivity index (χ1n) is 6.80. The van der Waals surface area contributed by atoms with Crippen molar-refractivity contribution in [3.05, 3.63) is 53.7 Å². The summed E-state index contributed by atoms with van der Waals surface area (Å²) in [6.07, 6.45) is 11.1. The first kappa shape index (κ1) is 12.4. The van der Waals surface area contributed by atoms with E-state index in [-0.39, 0.29) is 0 Å². The molecule has 2 aromatic rings. The molecule has 0 fully saturated rings. The van der Waals surface area contributed by atoms with E-state index in [1.807, 2.05) is 12.3 Å². The van der Waals surface area contributed by atoms with Gasteiger partial charge in [-0.2, -0.15) is 0 Å². The molecule has 1 heterocycles. The van der Waals surface area contributed by atoms with E-state index in [1.165, 1.54) is 16.5 Å². The molecule has 0 N–H and O–H groups in total. The second-order valence-electron chi connectivity index (χ2n) is 6.25. The quantitative estimate of drug-likeness (QED) is 0.662. The fourth-order valence-corrected chi connectivity index (χ4v) is 3.90. The van der Waals surface area contributed by atoms with Crippen LogP contribution in [0.5, 0.6) is 0 Å². The SMILES string of the molecule is C[Si](C)(C)C1C=Cc2ccc3cccnc3c2C=C1. The largest absolute Gasteiger partial charge is 0.256 e. The highest BCUT2D eigenvalue weighted by molar-refractivity contribution is 6.78. The summed E-state index contributed by atoms with van der Waals surface area (Å²) in [6, 6.07) is 8.48. The molecule has 0 bridgehead atoms. The molecule has 1 aliphatic rings. The second kappa shape index (κ2) is 4.46. The lowest BCUT2D eigenvalue weighted by atomic mass is 10.0. The lowest BCUT2D eigenvalue weighted by molar-refractivity contribution is 1.29. The zero-order valence-corrected chi connectivity index (χ0v) is 12.7. The summed E-state index contributed by atoms with van der Waals surface area (Å²) < 4.78 is 0. The van der Waals surface area contributed by atoms with E-state index in [2.05, 4.69) is 67.1 Å². The molecule has 1 atom stereocenters. The van der Waals surface area contributed by atoms with Crippen molar-refractivity contribution < 1.29 is 0 Å². The van der Waals surface area contributed by atoms with Crippen molar-refractivity contribution in [1.29, 1.82) is 0 Å². The lowest BCUT2D eigenvalue weighted by Crippen LogP contribution is -2.25. The van der Waals surface area contributed by atoms with Crippen LogP contribution in [0, 0.1) is 0 Å². The minimum atomic E-state index is -1.19. The van der Waals surface area contributed by atoms with Crippen molar-refractivity contribution in [2.24, 2.45) is 0 Å². The molecule has 1 aromatic heterocycles. The zero-order chi connectivity index (χ0) is 13.5. The molecule has 1 aliphatic carbocycles. The Kier molecular flexibility index (Phi) is 2.90. The van der Waals surface area contributed by atoms with E-state index in [0.717, 1.165) is 5.52 Å². The standard InChI is InChI=1S/C17H19NSi/c1-19(2,3)15-9-8-13-6-7-14-5-4-12-18-17(14)16(13)11-10-15/h4-12,15H,1-3H3. The molecular formula is C17H19NSi. The summed E-state index contributed by atoms with van der Waals surface area (Å²) in [4.78, 5) is 4.55. The van der Waals surface area contributed by atoms with Crippen molar-refractivity contribution in [2.75, 3.05) is 0 Å².